The van der Waals surface area contributed by atoms with Crippen molar-refractivity contribution in [3.8, 4) is 0 Å². The fourth-order valence-corrected chi connectivity index (χ4v) is 7.07. The molecule has 1 aliphatic heterocycles. The predicted molar refractivity (Wildman–Crippen MR) is 148 cm³/mol. The summed E-state index contributed by atoms with van der Waals surface area (Å²) in [6.45, 7) is 15.5. The van der Waals surface area contributed by atoms with Crippen molar-refractivity contribution in [3.63, 3.8) is 0 Å². The number of nitrogens with one attached hydrogen (secondary N) is 1. The largest absolute Gasteiger partial charge is 0.350 e. The number of likely N-dealkylation sites (tertiary alicyclic amines) is 1. The van der Waals surface area contributed by atoms with E-state index in [0.717, 1.165) is 30.4 Å². The summed E-state index contributed by atoms with van der Waals surface area (Å²) >= 11 is 0. The normalized spacial score (nSPS) is 19.9. The van der Waals surface area contributed by atoms with Gasteiger partial charge in [0.25, 0.3) is 10.0 Å². The molecular formula is C28H41N5O3S. The van der Waals surface area contributed by atoms with Gasteiger partial charge in [0.15, 0.2) is 0 Å². The summed E-state index contributed by atoms with van der Waals surface area (Å²) < 4.78 is 33.0. The van der Waals surface area contributed by atoms with Crippen LogP contribution in [0, 0.1) is 31.1 Å². The van der Waals surface area contributed by atoms with E-state index in [0.29, 0.717) is 17.1 Å². The number of anilines is 1. The van der Waals surface area contributed by atoms with Gasteiger partial charge in [-0.3, -0.25) is 14.2 Å². The van der Waals surface area contributed by atoms with Crippen molar-refractivity contribution in [2.45, 2.75) is 65.7 Å². The van der Waals surface area contributed by atoms with Gasteiger partial charge < -0.3 is 9.47 Å². The lowest BCUT2D eigenvalue weighted by molar-refractivity contribution is -0.140. The number of amides is 1. The molecule has 8 nitrogen and oxygen atoms in total. The summed E-state index contributed by atoms with van der Waals surface area (Å²) in [5.74, 6) is 0.772. The molecule has 0 aliphatic carbocycles. The number of carbonyl (C=O) groups excluding carboxylic acids is 1. The molecule has 1 N–H and O–H groups in total. The Morgan fingerprint density at radius 3 is 2.43 bits per heavy atom. The molecule has 0 saturated carbocycles. The molecule has 0 bridgehead atoms. The second-order valence-corrected chi connectivity index (χ2v) is 13.5. The average Bonchev–Trinajstić information content (AvgIpc) is 3.26. The minimum absolute atomic E-state index is 0.0310. The first kappa shape index (κ1) is 27.2. The van der Waals surface area contributed by atoms with Crippen LogP contribution < -0.4 is 4.72 Å². The summed E-state index contributed by atoms with van der Waals surface area (Å²) in [6.07, 6.45) is 3.04. The van der Waals surface area contributed by atoms with Gasteiger partial charge in [0.2, 0.25) is 5.91 Å². The van der Waals surface area contributed by atoms with Gasteiger partial charge in [0, 0.05) is 55.9 Å². The van der Waals surface area contributed by atoms with E-state index in [1.807, 2.05) is 37.1 Å². The Balaban J connectivity index is 1.61. The average molecular weight is 528 g/mol. The lowest BCUT2D eigenvalue weighted by Gasteiger charge is -2.40. The molecule has 1 fully saturated rings. The molecule has 1 aromatic carbocycles. The number of fused-ring (bicyclic) bond motifs is 1. The Morgan fingerprint density at radius 1 is 1.19 bits per heavy atom. The van der Waals surface area contributed by atoms with Gasteiger partial charge in [0.1, 0.15) is 4.90 Å². The van der Waals surface area contributed by atoms with E-state index in [-0.39, 0.29) is 34.0 Å². The molecule has 1 aliphatic rings. The first-order valence-corrected chi connectivity index (χ1v) is 14.5. The number of rotatable bonds is 5. The number of piperidine rings is 1. The van der Waals surface area contributed by atoms with Crippen LogP contribution >= 0.6 is 0 Å². The third kappa shape index (κ3) is 5.02. The van der Waals surface area contributed by atoms with Gasteiger partial charge in [-0.25, -0.2) is 8.42 Å². The Hall–Kier alpha value is -2.81. The zero-order valence-corrected chi connectivity index (χ0v) is 24.4. The van der Waals surface area contributed by atoms with Crippen molar-refractivity contribution >= 4 is 32.5 Å². The van der Waals surface area contributed by atoms with Gasteiger partial charge in [-0.15, -0.1) is 0 Å². The SMILES string of the molecule is Cc1nn(C)c(C)c1S(=O)(=O)Nc1ccc2c(c1)c([C@@H]1CCN(C(=O)[C@H](C)C(C)(C)C)C[C@@H]1C)cn2C. The number of aromatic nitrogens is 3. The maximum atomic E-state index is 13.3. The maximum Gasteiger partial charge on any atom is 0.265 e. The van der Waals surface area contributed by atoms with Crippen LogP contribution in [0.3, 0.4) is 0 Å². The molecule has 3 heterocycles. The van der Waals surface area contributed by atoms with Crippen molar-refractivity contribution < 1.29 is 13.2 Å². The molecule has 1 amide bonds. The number of sulfonamides is 1. The molecule has 3 atom stereocenters. The van der Waals surface area contributed by atoms with Crippen molar-refractivity contribution in [1.29, 1.82) is 0 Å². The summed E-state index contributed by atoms with van der Waals surface area (Å²) in [6, 6.07) is 5.71. The topological polar surface area (TPSA) is 89.2 Å². The zero-order valence-electron chi connectivity index (χ0n) is 23.6. The van der Waals surface area contributed by atoms with Gasteiger partial charge in [0.05, 0.1) is 11.4 Å². The van der Waals surface area contributed by atoms with Crippen LogP contribution in [0.2, 0.25) is 0 Å². The molecule has 1 saturated heterocycles. The van der Waals surface area contributed by atoms with E-state index in [1.165, 1.54) is 5.56 Å². The first-order chi connectivity index (χ1) is 17.1. The fourth-order valence-electron chi connectivity index (χ4n) is 5.58. The summed E-state index contributed by atoms with van der Waals surface area (Å²) in [5.41, 5.74) is 3.80. The molecule has 4 rings (SSSR count). The van der Waals surface area contributed by atoms with Crippen LogP contribution in [0.25, 0.3) is 10.9 Å². The molecule has 9 heteroatoms. The molecule has 2 aromatic heterocycles. The highest BCUT2D eigenvalue weighted by molar-refractivity contribution is 7.92. The summed E-state index contributed by atoms with van der Waals surface area (Å²) in [5, 5.41) is 5.31. The quantitative estimate of drug-likeness (QED) is 0.508. The number of hydrogen-bond acceptors (Lipinski definition) is 4. The zero-order chi connectivity index (χ0) is 27.4. The Labute approximate surface area is 221 Å². The van der Waals surface area contributed by atoms with Crippen LogP contribution in [0.1, 0.15) is 63.9 Å². The summed E-state index contributed by atoms with van der Waals surface area (Å²) in [7, 11) is -0.0219. The molecule has 0 unspecified atom stereocenters. The first-order valence-electron chi connectivity index (χ1n) is 13.0. The number of carbonyl (C=O) groups is 1. The molecule has 0 radical (unpaired) electrons. The minimum atomic E-state index is -3.79. The van der Waals surface area contributed by atoms with E-state index in [2.05, 4.69) is 48.3 Å². The standard InChI is InChI=1S/C28H41N5O3S/c1-17-15-33(27(34)18(2)28(5,6)7)13-12-22(17)24-16-31(8)25-11-10-21(14-23(24)25)30-37(35,36)26-19(3)29-32(9)20(26)4/h10-11,14,16-18,22,30H,12-13,15H2,1-9H3/t17-,18-,22+/m0/s1. The minimum Gasteiger partial charge on any atom is -0.350 e. The monoisotopic (exact) mass is 527 g/mol. The number of hydrogen-bond donors (Lipinski definition) is 1. The van der Waals surface area contributed by atoms with Gasteiger partial charge in [-0.1, -0.05) is 34.6 Å². The van der Waals surface area contributed by atoms with Gasteiger partial charge >= 0.3 is 0 Å². The van der Waals surface area contributed by atoms with Crippen molar-refractivity contribution in [3.05, 3.63) is 41.3 Å². The van der Waals surface area contributed by atoms with Crippen molar-refractivity contribution in [1.82, 2.24) is 19.2 Å². The maximum absolute atomic E-state index is 13.3. The molecular weight excluding hydrogens is 486 g/mol. The number of aryl methyl sites for hydroxylation is 3. The van der Waals surface area contributed by atoms with Crippen LogP contribution in [0.5, 0.6) is 0 Å². The van der Waals surface area contributed by atoms with Crippen molar-refractivity contribution in [2.24, 2.45) is 31.3 Å². The van der Waals surface area contributed by atoms with Crippen LogP contribution in [0.15, 0.2) is 29.3 Å². The third-order valence-electron chi connectivity index (χ3n) is 8.27. The van der Waals surface area contributed by atoms with Crippen LogP contribution in [-0.4, -0.2) is 46.7 Å². The summed E-state index contributed by atoms with van der Waals surface area (Å²) in [4.78, 5) is 15.4. The third-order valence-corrected chi connectivity index (χ3v) is 9.90. The predicted octanol–water partition coefficient (Wildman–Crippen LogP) is 4.96. The van der Waals surface area contributed by atoms with Gasteiger partial charge in [-0.2, -0.15) is 5.10 Å². The van der Waals surface area contributed by atoms with Crippen LogP contribution in [0.4, 0.5) is 5.69 Å². The van der Waals surface area contributed by atoms with E-state index >= 15 is 0 Å². The molecule has 202 valence electrons. The Morgan fingerprint density at radius 2 is 1.86 bits per heavy atom. The molecule has 37 heavy (non-hydrogen) atoms. The highest BCUT2D eigenvalue weighted by Crippen LogP contribution is 2.39. The Kier molecular flexibility index (Phi) is 6.99. The lowest BCUT2D eigenvalue weighted by atomic mass is 9.78. The van der Waals surface area contributed by atoms with E-state index in [1.54, 1.807) is 25.6 Å². The molecule has 0 spiro atoms. The van der Waals surface area contributed by atoms with Crippen molar-refractivity contribution in [2.75, 3.05) is 17.8 Å². The van der Waals surface area contributed by atoms with E-state index < -0.39 is 10.0 Å². The fraction of sp³-hybridized carbons (Fsp3) is 0.571. The molecule has 3 aromatic rings. The van der Waals surface area contributed by atoms with E-state index in [4.69, 9.17) is 0 Å². The Bertz CT molecular complexity index is 1440. The van der Waals surface area contributed by atoms with Gasteiger partial charge in [-0.05, 0) is 61.3 Å². The number of benzene rings is 1. The van der Waals surface area contributed by atoms with Crippen LogP contribution in [-0.2, 0) is 28.9 Å². The lowest BCUT2D eigenvalue weighted by Crippen LogP contribution is -2.46. The second-order valence-electron chi connectivity index (χ2n) is 11.9. The van der Waals surface area contributed by atoms with E-state index in [9.17, 15) is 13.2 Å². The number of nitrogens with zero attached hydrogens (tertiary/aromatic N) is 4. The smallest absolute Gasteiger partial charge is 0.265 e. The highest BCUT2D eigenvalue weighted by Gasteiger charge is 2.36. The second kappa shape index (κ2) is 9.49. The highest BCUT2D eigenvalue weighted by atomic mass is 32.2.